The molecular formula is C18H20ClNO5. The van der Waals surface area contributed by atoms with E-state index >= 15 is 0 Å². The second-order valence-electron chi connectivity index (χ2n) is 7.41. The van der Waals surface area contributed by atoms with E-state index in [1.807, 2.05) is 6.92 Å². The standard InChI is InChI=1S/C18H20ClNO5/c1-8-5-11-15(17(23)20(2)16(11)22)12-7-14(25-18(8,12)24)10-4-3-9(21)6-13(10)19/h3-4,6,8,11-12,14-15,21,24H,5,7H2,1-2H3/t8-,11-,12-,14-,15-,18+/m0/s1. The third-order valence-electron chi connectivity index (χ3n) is 6.11. The number of fused-ring (bicyclic) bond motifs is 3. The van der Waals surface area contributed by atoms with Gasteiger partial charge in [0.25, 0.3) is 0 Å². The number of rotatable bonds is 1. The van der Waals surface area contributed by atoms with E-state index in [2.05, 4.69) is 0 Å². The number of aliphatic hydroxyl groups is 1. The average Bonchev–Trinajstić information content (AvgIpc) is 3.00. The number of amides is 2. The number of likely N-dealkylation sites (tertiary alicyclic amines) is 1. The number of phenols is 1. The van der Waals surface area contributed by atoms with Crippen LogP contribution in [0.25, 0.3) is 0 Å². The molecule has 2 saturated heterocycles. The molecule has 1 aromatic rings. The Labute approximate surface area is 150 Å². The Morgan fingerprint density at radius 2 is 2.00 bits per heavy atom. The van der Waals surface area contributed by atoms with Crippen molar-refractivity contribution in [2.45, 2.75) is 31.7 Å². The molecule has 1 aliphatic carbocycles. The zero-order chi connectivity index (χ0) is 18.1. The van der Waals surface area contributed by atoms with Crippen LogP contribution in [0.5, 0.6) is 5.75 Å². The smallest absolute Gasteiger partial charge is 0.233 e. The highest BCUT2D eigenvalue weighted by atomic mass is 35.5. The third-order valence-corrected chi connectivity index (χ3v) is 6.43. The van der Waals surface area contributed by atoms with Gasteiger partial charge in [-0.15, -0.1) is 0 Å². The van der Waals surface area contributed by atoms with Gasteiger partial charge in [0.1, 0.15) is 5.75 Å². The lowest BCUT2D eigenvalue weighted by Crippen LogP contribution is -2.52. The Morgan fingerprint density at radius 3 is 2.68 bits per heavy atom. The fraction of sp³-hybridized carbons (Fsp3) is 0.556. The maximum absolute atomic E-state index is 12.6. The molecule has 2 aliphatic heterocycles. The summed E-state index contributed by atoms with van der Waals surface area (Å²) in [6.07, 6.45) is 0.334. The topological polar surface area (TPSA) is 87.1 Å². The van der Waals surface area contributed by atoms with Crippen molar-refractivity contribution in [2.75, 3.05) is 7.05 Å². The lowest BCUT2D eigenvalue weighted by molar-refractivity contribution is -0.265. The number of carbonyl (C=O) groups excluding carboxylic acids is 2. The predicted molar refractivity (Wildman–Crippen MR) is 88.5 cm³/mol. The van der Waals surface area contributed by atoms with Crippen LogP contribution in [-0.4, -0.2) is 39.8 Å². The molecule has 0 spiro atoms. The van der Waals surface area contributed by atoms with Crippen LogP contribution in [0.3, 0.4) is 0 Å². The highest BCUT2D eigenvalue weighted by molar-refractivity contribution is 6.31. The molecule has 7 heteroatoms. The van der Waals surface area contributed by atoms with E-state index in [9.17, 15) is 19.8 Å². The Balaban J connectivity index is 1.72. The van der Waals surface area contributed by atoms with Gasteiger partial charge in [0, 0.05) is 18.9 Å². The Kier molecular flexibility index (Phi) is 3.65. The lowest BCUT2D eigenvalue weighted by Gasteiger charge is -2.43. The van der Waals surface area contributed by atoms with Crippen molar-refractivity contribution < 1.29 is 24.5 Å². The second kappa shape index (κ2) is 5.43. The van der Waals surface area contributed by atoms with Gasteiger partial charge < -0.3 is 14.9 Å². The molecule has 6 nitrogen and oxygen atoms in total. The molecule has 4 rings (SSSR count). The number of ether oxygens (including phenoxy) is 1. The molecule has 0 aromatic heterocycles. The molecule has 0 bridgehead atoms. The molecule has 1 saturated carbocycles. The number of hydrogen-bond donors (Lipinski definition) is 2. The molecule has 25 heavy (non-hydrogen) atoms. The van der Waals surface area contributed by atoms with Gasteiger partial charge in [-0.05, 0) is 30.5 Å². The average molecular weight is 366 g/mol. The number of imide groups is 1. The van der Waals surface area contributed by atoms with Gasteiger partial charge in [-0.2, -0.15) is 0 Å². The molecule has 2 N–H and O–H groups in total. The predicted octanol–water partition coefficient (Wildman–Crippen LogP) is 2.08. The van der Waals surface area contributed by atoms with Crippen molar-refractivity contribution in [3.8, 4) is 5.75 Å². The maximum Gasteiger partial charge on any atom is 0.233 e. The lowest BCUT2D eigenvalue weighted by atomic mass is 9.65. The summed E-state index contributed by atoms with van der Waals surface area (Å²) in [5.74, 6) is -3.51. The number of phenolic OH excluding ortho intramolecular Hbond substituents is 1. The highest BCUT2D eigenvalue weighted by Crippen LogP contribution is 2.58. The summed E-state index contributed by atoms with van der Waals surface area (Å²) < 4.78 is 6.01. The third kappa shape index (κ3) is 2.24. The van der Waals surface area contributed by atoms with E-state index in [-0.39, 0.29) is 23.5 Å². The minimum absolute atomic E-state index is 0.0505. The van der Waals surface area contributed by atoms with Gasteiger partial charge in [-0.3, -0.25) is 14.5 Å². The molecule has 3 aliphatic rings. The van der Waals surface area contributed by atoms with Crippen LogP contribution in [0.15, 0.2) is 18.2 Å². The minimum Gasteiger partial charge on any atom is -0.508 e. The number of aromatic hydroxyl groups is 1. The first-order valence-electron chi connectivity index (χ1n) is 8.44. The van der Waals surface area contributed by atoms with Crippen molar-refractivity contribution in [3.05, 3.63) is 28.8 Å². The number of carbonyl (C=O) groups is 2. The van der Waals surface area contributed by atoms with Gasteiger partial charge in [-0.25, -0.2) is 0 Å². The summed E-state index contributed by atoms with van der Waals surface area (Å²) in [5.41, 5.74) is 0.663. The zero-order valence-corrected chi connectivity index (χ0v) is 14.7. The van der Waals surface area contributed by atoms with E-state index < -0.39 is 29.6 Å². The summed E-state index contributed by atoms with van der Waals surface area (Å²) in [6.45, 7) is 1.85. The monoisotopic (exact) mass is 365 g/mol. The highest BCUT2D eigenvalue weighted by Gasteiger charge is 2.65. The van der Waals surface area contributed by atoms with Gasteiger partial charge >= 0.3 is 0 Å². The Morgan fingerprint density at radius 1 is 1.28 bits per heavy atom. The SMILES string of the molecule is C[C@H]1C[C@@H]2C(=O)N(C)C(=O)[C@@H]2[C@@H]2C[C@@H](c3ccc(O)cc3Cl)O[C@]12O. The Hall–Kier alpha value is -1.63. The van der Waals surface area contributed by atoms with Crippen molar-refractivity contribution >= 4 is 23.4 Å². The molecule has 134 valence electrons. The van der Waals surface area contributed by atoms with Crippen LogP contribution in [0.4, 0.5) is 0 Å². The van der Waals surface area contributed by atoms with Gasteiger partial charge in [0.05, 0.1) is 23.0 Å². The zero-order valence-electron chi connectivity index (χ0n) is 14.0. The summed E-state index contributed by atoms with van der Waals surface area (Å²) in [5, 5.41) is 21.1. The molecule has 0 unspecified atom stereocenters. The number of nitrogens with zero attached hydrogens (tertiary/aromatic N) is 1. The first-order chi connectivity index (χ1) is 11.7. The number of benzene rings is 1. The summed E-state index contributed by atoms with van der Waals surface area (Å²) >= 11 is 6.22. The second-order valence-corrected chi connectivity index (χ2v) is 7.82. The molecule has 6 atom stereocenters. The van der Waals surface area contributed by atoms with E-state index in [4.69, 9.17) is 16.3 Å². The van der Waals surface area contributed by atoms with Crippen LogP contribution in [0, 0.1) is 23.7 Å². The maximum atomic E-state index is 12.6. The van der Waals surface area contributed by atoms with Gasteiger partial charge in [0.15, 0.2) is 5.79 Å². The van der Waals surface area contributed by atoms with E-state index in [0.29, 0.717) is 23.4 Å². The quantitative estimate of drug-likeness (QED) is 0.744. The molecule has 2 heterocycles. The molecule has 1 aromatic carbocycles. The van der Waals surface area contributed by atoms with Gasteiger partial charge in [-0.1, -0.05) is 24.6 Å². The summed E-state index contributed by atoms with van der Waals surface area (Å²) in [7, 11) is 1.50. The first kappa shape index (κ1) is 16.8. The van der Waals surface area contributed by atoms with Crippen LogP contribution in [-0.2, 0) is 14.3 Å². The van der Waals surface area contributed by atoms with Crippen molar-refractivity contribution in [3.63, 3.8) is 0 Å². The minimum atomic E-state index is -1.46. The van der Waals surface area contributed by atoms with Gasteiger partial charge in [0.2, 0.25) is 11.8 Å². The Bertz CT molecular complexity index is 768. The van der Waals surface area contributed by atoms with Crippen molar-refractivity contribution in [1.29, 1.82) is 0 Å². The first-order valence-corrected chi connectivity index (χ1v) is 8.82. The summed E-state index contributed by atoms with van der Waals surface area (Å²) in [6, 6.07) is 4.61. The largest absolute Gasteiger partial charge is 0.508 e. The molecule has 2 amide bonds. The van der Waals surface area contributed by atoms with Crippen LogP contribution < -0.4 is 0 Å². The summed E-state index contributed by atoms with van der Waals surface area (Å²) in [4.78, 5) is 26.1. The molecule has 0 radical (unpaired) electrons. The molecular weight excluding hydrogens is 346 g/mol. The number of halogens is 1. The van der Waals surface area contributed by atoms with Crippen LogP contribution >= 0.6 is 11.6 Å². The van der Waals surface area contributed by atoms with Crippen molar-refractivity contribution in [2.24, 2.45) is 23.7 Å². The molecule has 3 fully saturated rings. The number of hydrogen-bond acceptors (Lipinski definition) is 5. The van der Waals surface area contributed by atoms with E-state index in [0.717, 1.165) is 0 Å². The van der Waals surface area contributed by atoms with E-state index in [1.54, 1.807) is 6.07 Å². The van der Waals surface area contributed by atoms with Crippen molar-refractivity contribution in [1.82, 2.24) is 4.90 Å². The fourth-order valence-corrected chi connectivity index (χ4v) is 5.07. The van der Waals surface area contributed by atoms with E-state index in [1.165, 1.54) is 24.1 Å². The fourth-order valence-electron chi connectivity index (χ4n) is 4.77. The van der Waals surface area contributed by atoms with Crippen LogP contribution in [0.2, 0.25) is 5.02 Å². The normalized spacial score (nSPS) is 40.3. The van der Waals surface area contributed by atoms with Crippen LogP contribution in [0.1, 0.15) is 31.4 Å².